The molecule has 0 aliphatic heterocycles. The van der Waals surface area contributed by atoms with Gasteiger partial charge in [-0.3, -0.25) is 4.79 Å². The molecule has 0 amide bonds. The number of hydrogen-bond donors (Lipinski definition) is 0. The van der Waals surface area contributed by atoms with E-state index in [0.717, 1.165) is 23.1 Å². The molecule has 0 aliphatic carbocycles. The van der Waals surface area contributed by atoms with E-state index in [1.54, 1.807) is 0 Å². The third kappa shape index (κ3) is 5.39. The second-order valence-electron chi connectivity index (χ2n) is 6.28. The van der Waals surface area contributed by atoms with Crippen LogP contribution in [0.1, 0.15) is 27.9 Å². The van der Waals surface area contributed by atoms with E-state index in [1.807, 2.05) is 30.3 Å². The Bertz CT molecular complexity index is 608. The SMILES string of the molecule is Cc1ccccc1C[N+](C)(C)CCC(=O)c1ccccc1.[Br-]. The van der Waals surface area contributed by atoms with Crippen LogP contribution in [0, 0.1) is 6.92 Å². The van der Waals surface area contributed by atoms with E-state index in [-0.39, 0.29) is 22.8 Å². The molecule has 0 saturated heterocycles. The van der Waals surface area contributed by atoms with Gasteiger partial charge in [0.2, 0.25) is 0 Å². The summed E-state index contributed by atoms with van der Waals surface area (Å²) in [4.78, 5) is 12.2. The fourth-order valence-corrected chi connectivity index (χ4v) is 2.50. The molecule has 0 bridgehead atoms. The maximum absolute atomic E-state index is 12.2. The number of ketones is 1. The molecule has 2 aromatic carbocycles. The molecular weight excluding hydrogens is 338 g/mol. The van der Waals surface area contributed by atoms with Gasteiger partial charge in [-0.05, 0) is 12.5 Å². The van der Waals surface area contributed by atoms with Gasteiger partial charge in [-0.2, -0.15) is 0 Å². The third-order valence-electron chi connectivity index (χ3n) is 3.90. The van der Waals surface area contributed by atoms with Crippen molar-refractivity contribution in [3.63, 3.8) is 0 Å². The van der Waals surface area contributed by atoms with Crippen LogP contribution in [0.3, 0.4) is 0 Å². The summed E-state index contributed by atoms with van der Waals surface area (Å²) in [5.41, 5.74) is 3.49. The topological polar surface area (TPSA) is 17.1 Å². The zero-order valence-corrected chi connectivity index (χ0v) is 15.1. The van der Waals surface area contributed by atoms with Crippen molar-refractivity contribution >= 4 is 5.78 Å². The van der Waals surface area contributed by atoms with Gasteiger partial charge in [0.1, 0.15) is 6.54 Å². The summed E-state index contributed by atoms with van der Waals surface area (Å²) in [7, 11) is 4.37. The number of carbonyl (C=O) groups excluding carboxylic acids is 1. The standard InChI is InChI=1S/C19H24NO.BrH/c1-16-9-7-8-12-18(16)15-20(2,3)14-13-19(21)17-10-5-4-6-11-17;/h4-12H,13-15H2,1-3H3;1H/q+1;/p-1. The number of aryl methyl sites for hydroxylation is 1. The molecule has 0 saturated carbocycles. The Kier molecular flexibility index (Phi) is 6.98. The Balaban J connectivity index is 0.00000242. The minimum Gasteiger partial charge on any atom is -1.00 e. The van der Waals surface area contributed by atoms with Crippen LogP contribution in [0.15, 0.2) is 54.6 Å². The lowest BCUT2D eigenvalue weighted by Crippen LogP contribution is -3.00. The van der Waals surface area contributed by atoms with Gasteiger partial charge in [0.25, 0.3) is 0 Å². The van der Waals surface area contributed by atoms with Crippen LogP contribution in [-0.2, 0) is 6.54 Å². The van der Waals surface area contributed by atoms with Gasteiger partial charge >= 0.3 is 0 Å². The molecule has 0 unspecified atom stereocenters. The van der Waals surface area contributed by atoms with Crippen molar-refractivity contribution in [3.8, 4) is 0 Å². The van der Waals surface area contributed by atoms with E-state index in [4.69, 9.17) is 0 Å². The molecule has 0 spiro atoms. The highest BCUT2D eigenvalue weighted by Crippen LogP contribution is 2.15. The molecule has 118 valence electrons. The van der Waals surface area contributed by atoms with Crippen molar-refractivity contribution < 1.29 is 26.3 Å². The van der Waals surface area contributed by atoms with Crippen LogP contribution in [0.2, 0.25) is 0 Å². The molecule has 0 N–H and O–H groups in total. The zero-order valence-electron chi connectivity index (χ0n) is 13.6. The first-order valence-electron chi connectivity index (χ1n) is 7.43. The molecule has 0 aromatic heterocycles. The maximum Gasteiger partial charge on any atom is 0.168 e. The second kappa shape index (κ2) is 8.25. The van der Waals surface area contributed by atoms with Crippen LogP contribution in [0.25, 0.3) is 0 Å². The summed E-state index contributed by atoms with van der Waals surface area (Å²) >= 11 is 0. The van der Waals surface area contributed by atoms with E-state index in [9.17, 15) is 4.79 Å². The lowest BCUT2D eigenvalue weighted by molar-refractivity contribution is -0.903. The smallest absolute Gasteiger partial charge is 0.168 e. The third-order valence-corrected chi connectivity index (χ3v) is 3.90. The highest BCUT2D eigenvalue weighted by molar-refractivity contribution is 5.96. The van der Waals surface area contributed by atoms with E-state index < -0.39 is 0 Å². The van der Waals surface area contributed by atoms with Crippen molar-refractivity contribution in [2.75, 3.05) is 20.6 Å². The number of nitrogens with zero attached hydrogens (tertiary/aromatic N) is 1. The lowest BCUT2D eigenvalue weighted by Gasteiger charge is -2.30. The Hall–Kier alpha value is -1.45. The predicted molar refractivity (Wildman–Crippen MR) is 87.2 cm³/mol. The molecule has 0 aliphatic rings. The molecule has 22 heavy (non-hydrogen) atoms. The summed E-state index contributed by atoms with van der Waals surface area (Å²) in [5.74, 6) is 0.228. The van der Waals surface area contributed by atoms with Gasteiger partial charge < -0.3 is 21.5 Å². The van der Waals surface area contributed by atoms with Crippen molar-refractivity contribution in [3.05, 3.63) is 71.3 Å². The van der Waals surface area contributed by atoms with Gasteiger partial charge in [-0.15, -0.1) is 0 Å². The fraction of sp³-hybridized carbons (Fsp3) is 0.316. The Labute approximate surface area is 144 Å². The van der Waals surface area contributed by atoms with E-state index in [1.165, 1.54) is 11.1 Å². The normalized spacial score (nSPS) is 10.9. The summed E-state index contributed by atoms with van der Waals surface area (Å²) in [6, 6.07) is 18.0. The van der Waals surface area contributed by atoms with Crippen molar-refractivity contribution in [2.45, 2.75) is 19.9 Å². The van der Waals surface area contributed by atoms with Crippen LogP contribution >= 0.6 is 0 Å². The molecule has 2 rings (SSSR count). The molecule has 0 fully saturated rings. The number of Topliss-reactive ketones (excluding diaryl/α,β-unsaturated/α-hetero) is 1. The number of benzene rings is 2. The Morgan fingerprint density at radius 2 is 1.55 bits per heavy atom. The number of halogens is 1. The summed E-state index contributed by atoms with van der Waals surface area (Å²) in [6.07, 6.45) is 0.586. The van der Waals surface area contributed by atoms with Crippen LogP contribution in [0.4, 0.5) is 0 Å². The first-order chi connectivity index (χ1) is 9.98. The van der Waals surface area contributed by atoms with E-state index >= 15 is 0 Å². The largest absolute Gasteiger partial charge is 1.00 e. The zero-order chi connectivity index (χ0) is 15.3. The molecule has 2 aromatic rings. The summed E-state index contributed by atoms with van der Waals surface area (Å²) in [6.45, 7) is 3.95. The number of hydrogen-bond acceptors (Lipinski definition) is 1. The van der Waals surface area contributed by atoms with Crippen LogP contribution in [-0.4, -0.2) is 30.9 Å². The highest BCUT2D eigenvalue weighted by atomic mass is 79.9. The monoisotopic (exact) mass is 361 g/mol. The Morgan fingerprint density at radius 3 is 2.18 bits per heavy atom. The van der Waals surface area contributed by atoms with Crippen LogP contribution < -0.4 is 17.0 Å². The first-order valence-corrected chi connectivity index (χ1v) is 7.43. The van der Waals surface area contributed by atoms with Gasteiger partial charge in [-0.1, -0.05) is 54.6 Å². The summed E-state index contributed by atoms with van der Waals surface area (Å²) in [5, 5.41) is 0. The van der Waals surface area contributed by atoms with E-state index in [2.05, 4.69) is 45.3 Å². The van der Waals surface area contributed by atoms with Crippen LogP contribution in [0.5, 0.6) is 0 Å². The van der Waals surface area contributed by atoms with Gasteiger partial charge in [0, 0.05) is 11.1 Å². The minimum absolute atomic E-state index is 0. The average Bonchev–Trinajstić information content (AvgIpc) is 2.48. The molecule has 0 heterocycles. The first kappa shape index (κ1) is 18.6. The molecule has 0 atom stereocenters. The number of quaternary nitrogens is 1. The maximum atomic E-state index is 12.2. The highest BCUT2D eigenvalue weighted by Gasteiger charge is 2.19. The summed E-state index contributed by atoms with van der Waals surface area (Å²) < 4.78 is 0.823. The molecule has 0 radical (unpaired) electrons. The second-order valence-corrected chi connectivity index (χ2v) is 6.28. The predicted octanol–water partition coefficient (Wildman–Crippen LogP) is 0.848. The minimum atomic E-state index is 0. The quantitative estimate of drug-likeness (QED) is 0.550. The van der Waals surface area contributed by atoms with Crippen molar-refractivity contribution in [1.29, 1.82) is 0 Å². The molecule has 2 nitrogen and oxygen atoms in total. The van der Waals surface area contributed by atoms with Gasteiger partial charge in [-0.25, -0.2) is 0 Å². The molecular formula is C19H24BrNO. The fourth-order valence-electron chi connectivity index (χ4n) is 2.50. The Morgan fingerprint density at radius 1 is 0.955 bits per heavy atom. The van der Waals surface area contributed by atoms with Gasteiger partial charge in [0.05, 0.1) is 27.1 Å². The average molecular weight is 362 g/mol. The van der Waals surface area contributed by atoms with Crippen molar-refractivity contribution in [2.24, 2.45) is 0 Å². The van der Waals surface area contributed by atoms with E-state index in [0.29, 0.717) is 6.42 Å². The number of carbonyl (C=O) groups is 1. The molecule has 3 heteroatoms. The number of rotatable bonds is 6. The van der Waals surface area contributed by atoms with Gasteiger partial charge in [0.15, 0.2) is 5.78 Å². The lowest BCUT2D eigenvalue weighted by atomic mass is 10.1. The van der Waals surface area contributed by atoms with Crippen molar-refractivity contribution in [1.82, 2.24) is 0 Å².